The van der Waals surface area contributed by atoms with Crippen molar-refractivity contribution in [2.45, 2.75) is 19.8 Å². The molecular formula is C23H44O10. The maximum absolute atomic E-state index is 10.8. The van der Waals surface area contributed by atoms with Crippen LogP contribution in [0.2, 0.25) is 0 Å². The summed E-state index contributed by atoms with van der Waals surface area (Å²) in [6, 6.07) is 0. The number of hydrogen-bond acceptors (Lipinski definition) is 10. The maximum Gasteiger partial charge on any atom is 0.330 e. The number of rotatable bonds is 28. The Labute approximate surface area is 198 Å². The quantitative estimate of drug-likeness (QED) is 0.0933. The Hall–Kier alpha value is -1.11. The molecule has 0 atom stereocenters. The SMILES string of the molecule is C=CC(=O)OCCOCCOCCOCCOCCOCCOCCOCCOCCCC. The molecule has 0 fully saturated rings. The zero-order valence-electron chi connectivity index (χ0n) is 20.3. The van der Waals surface area contributed by atoms with Gasteiger partial charge in [-0.3, -0.25) is 0 Å². The normalized spacial score (nSPS) is 11.1. The van der Waals surface area contributed by atoms with Gasteiger partial charge in [0, 0.05) is 12.7 Å². The lowest BCUT2D eigenvalue weighted by Crippen LogP contribution is -2.15. The van der Waals surface area contributed by atoms with E-state index in [4.69, 9.17) is 42.6 Å². The van der Waals surface area contributed by atoms with Gasteiger partial charge in [0.1, 0.15) is 6.61 Å². The molecule has 10 heteroatoms. The molecular weight excluding hydrogens is 436 g/mol. The number of carbonyl (C=O) groups excluding carboxylic acids is 1. The lowest BCUT2D eigenvalue weighted by molar-refractivity contribution is -0.139. The van der Waals surface area contributed by atoms with Crippen LogP contribution in [0.5, 0.6) is 0 Å². The summed E-state index contributed by atoms with van der Waals surface area (Å²) in [6.45, 7) is 14.1. The van der Waals surface area contributed by atoms with Gasteiger partial charge in [0.2, 0.25) is 0 Å². The van der Waals surface area contributed by atoms with E-state index in [0.29, 0.717) is 99.1 Å². The summed E-state index contributed by atoms with van der Waals surface area (Å²) in [5.74, 6) is -0.453. The molecule has 10 nitrogen and oxygen atoms in total. The molecule has 0 aliphatic heterocycles. The standard InChI is InChI=1S/C23H44O10/c1-3-5-6-25-7-8-26-9-10-27-11-12-28-13-14-29-15-16-30-17-18-31-19-20-32-21-22-33-23(24)4-2/h4H,2-3,5-22H2,1H3. The summed E-state index contributed by atoms with van der Waals surface area (Å²) in [5, 5.41) is 0. The van der Waals surface area contributed by atoms with Gasteiger partial charge < -0.3 is 42.6 Å². The third-order valence-electron chi connectivity index (χ3n) is 3.88. The third-order valence-corrected chi connectivity index (χ3v) is 3.88. The second kappa shape index (κ2) is 28.9. The lowest BCUT2D eigenvalue weighted by atomic mass is 10.4. The van der Waals surface area contributed by atoms with E-state index in [1.54, 1.807) is 0 Å². The molecule has 0 saturated heterocycles. The van der Waals surface area contributed by atoms with E-state index < -0.39 is 5.97 Å². The van der Waals surface area contributed by atoms with Gasteiger partial charge in [-0.2, -0.15) is 0 Å². The number of esters is 1. The first-order chi connectivity index (χ1) is 16.3. The molecule has 0 saturated carbocycles. The Morgan fingerprint density at radius 2 is 0.788 bits per heavy atom. The van der Waals surface area contributed by atoms with Crippen LogP contribution in [0.25, 0.3) is 0 Å². The maximum atomic E-state index is 10.8. The first-order valence-corrected chi connectivity index (χ1v) is 11.7. The highest BCUT2D eigenvalue weighted by Crippen LogP contribution is 1.89. The Balaban J connectivity index is 3.02. The van der Waals surface area contributed by atoms with Gasteiger partial charge in [-0.25, -0.2) is 4.79 Å². The van der Waals surface area contributed by atoms with Crippen molar-refractivity contribution >= 4 is 5.97 Å². The fourth-order valence-electron chi connectivity index (χ4n) is 2.15. The van der Waals surface area contributed by atoms with E-state index >= 15 is 0 Å². The highest BCUT2D eigenvalue weighted by Gasteiger charge is 1.96. The number of carbonyl (C=O) groups is 1. The zero-order valence-corrected chi connectivity index (χ0v) is 20.3. The number of unbranched alkanes of at least 4 members (excludes halogenated alkanes) is 1. The molecule has 0 heterocycles. The van der Waals surface area contributed by atoms with Crippen molar-refractivity contribution in [3.63, 3.8) is 0 Å². The van der Waals surface area contributed by atoms with E-state index in [1.165, 1.54) is 0 Å². The summed E-state index contributed by atoms with van der Waals surface area (Å²) in [4.78, 5) is 10.8. The predicted molar refractivity (Wildman–Crippen MR) is 123 cm³/mol. The van der Waals surface area contributed by atoms with Crippen LogP contribution in [0.4, 0.5) is 0 Å². The molecule has 0 unspecified atom stereocenters. The molecule has 0 aromatic carbocycles. The van der Waals surface area contributed by atoms with Crippen LogP contribution in [0.1, 0.15) is 19.8 Å². The molecule has 0 bridgehead atoms. The van der Waals surface area contributed by atoms with Crippen LogP contribution in [-0.4, -0.2) is 118 Å². The Kier molecular flexibility index (Phi) is 27.9. The summed E-state index contributed by atoms with van der Waals surface area (Å²) in [5.41, 5.74) is 0. The summed E-state index contributed by atoms with van der Waals surface area (Å²) >= 11 is 0. The minimum Gasteiger partial charge on any atom is -0.460 e. The summed E-state index contributed by atoms with van der Waals surface area (Å²) in [6.07, 6.45) is 3.36. The van der Waals surface area contributed by atoms with Gasteiger partial charge in [0.25, 0.3) is 0 Å². The van der Waals surface area contributed by atoms with E-state index in [9.17, 15) is 4.79 Å². The van der Waals surface area contributed by atoms with Crippen LogP contribution in [0, 0.1) is 0 Å². The van der Waals surface area contributed by atoms with Gasteiger partial charge in [-0.1, -0.05) is 19.9 Å². The van der Waals surface area contributed by atoms with Crippen molar-refractivity contribution < 1.29 is 47.4 Å². The highest BCUT2D eigenvalue weighted by atomic mass is 16.6. The second-order valence-corrected chi connectivity index (χ2v) is 6.62. The molecule has 0 rings (SSSR count). The van der Waals surface area contributed by atoms with E-state index in [2.05, 4.69) is 13.5 Å². The highest BCUT2D eigenvalue weighted by molar-refractivity contribution is 5.81. The molecule has 0 radical (unpaired) electrons. The topological polar surface area (TPSA) is 100 Å². The molecule has 0 aromatic heterocycles. The van der Waals surface area contributed by atoms with Crippen molar-refractivity contribution in [2.75, 3.05) is 112 Å². The summed E-state index contributed by atoms with van der Waals surface area (Å²) in [7, 11) is 0. The van der Waals surface area contributed by atoms with Crippen LogP contribution in [0.15, 0.2) is 12.7 Å². The smallest absolute Gasteiger partial charge is 0.330 e. The van der Waals surface area contributed by atoms with Crippen LogP contribution >= 0.6 is 0 Å². The molecule has 0 aliphatic carbocycles. The second-order valence-electron chi connectivity index (χ2n) is 6.62. The van der Waals surface area contributed by atoms with E-state index in [1.807, 2.05) is 0 Å². The Bertz CT molecular complexity index is 409. The van der Waals surface area contributed by atoms with Gasteiger partial charge in [0.15, 0.2) is 0 Å². The Morgan fingerprint density at radius 3 is 1.06 bits per heavy atom. The monoisotopic (exact) mass is 480 g/mol. The molecule has 0 amide bonds. The van der Waals surface area contributed by atoms with Crippen LogP contribution in [0.3, 0.4) is 0 Å². The zero-order chi connectivity index (χ0) is 24.1. The first-order valence-electron chi connectivity index (χ1n) is 11.7. The van der Waals surface area contributed by atoms with Crippen molar-refractivity contribution in [2.24, 2.45) is 0 Å². The fourth-order valence-corrected chi connectivity index (χ4v) is 2.15. The van der Waals surface area contributed by atoms with Gasteiger partial charge >= 0.3 is 5.97 Å². The minimum absolute atomic E-state index is 0.206. The van der Waals surface area contributed by atoms with Crippen molar-refractivity contribution in [3.05, 3.63) is 12.7 Å². The van der Waals surface area contributed by atoms with Crippen molar-refractivity contribution in [1.29, 1.82) is 0 Å². The lowest BCUT2D eigenvalue weighted by Gasteiger charge is -2.08. The van der Waals surface area contributed by atoms with E-state index in [-0.39, 0.29) is 6.61 Å². The predicted octanol–water partition coefficient (Wildman–Crippen LogP) is 1.65. The molecule has 0 N–H and O–H groups in total. The van der Waals surface area contributed by atoms with Gasteiger partial charge in [-0.15, -0.1) is 0 Å². The van der Waals surface area contributed by atoms with Gasteiger partial charge in [0.05, 0.1) is 99.1 Å². The largest absolute Gasteiger partial charge is 0.460 e. The molecule has 0 aromatic rings. The average molecular weight is 481 g/mol. The van der Waals surface area contributed by atoms with Crippen molar-refractivity contribution in [1.82, 2.24) is 0 Å². The van der Waals surface area contributed by atoms with Crippen molar-refractivity contribution in [3.8, 4) is 0 Å². The van der Waals surface area contributed by atoms with Crippen LogP contribution in [-0.2, 0) is 47.4 Å². The summed E-state index contributed by atoms with van der Waals surface area (Å²) < 4.78 is 47.9. The van der Waals surface area contributed by atoms with E-state index in [0.717, 1.165) is 25.5 Å². The number of ether oxygens (including phenoxy) is 9. The van der Waals surface area contributed by atoms with Gasteiger partial charge in [-0.05, 0) is 6.42 Å². The fraction of sp³-hybridized carbons (Fsp3) is 0.870. The number of hydrogen-bond donors (Lipinski definition) is 0. The molecule has 0 spiro atoms. The Morgan fingerprint density at radius 1 is 0.515 bits per heavy atom. The molecule has 33 heavy (non-hydrogen) atoms. The van der Waals surface area contributed by atoms with Crippen LogP contribution < -0.4 is 0 Å². The average Bonchev–Trinajstić information content (AvgIpc) is 2.83. The molecule has 0 aliphatic rings. The molecule has 196 valence electrons. The first kappa shape index (κ1) is 31.9. The third kappa shape index (κ3) is 28.9. The minimum atomic E-state index is -0.453.